The SMILES string of the molecule is CCNC(=NCc1ccc(N2CCNC(=O)C2)cc1)NCCC(C)C. The fourth-order valence-electron chi connectivity index (χ4n) is 2.66. The molecule has 0 saturated carbocycles. The van der Waals surface area contributed by atoms with Crippen LogP contribution in [0.15, 0.2) is 29.3 Å². The summed E-state index contributed by atoms with van der Waals surface area (Å²) < 4.78 is 0. The number of hydrogen-bond donors (Lipinski definition) is 3. The molecule has 1 aromatic carbocycles. The smallest absolute Gasteiger partial charge is 0.239 e. The number of carbonyl (C=O) groups excluding carboxylic acids is 1. The number of amides is 1. The minimum atomic E-state index is 0.0858. The van der Waals surface area contributed by atoms with Crippen LogP contribution in [0.4, 0.5) is 5.69 Å². The Balaban J connectivity index is 1.90. The van der Waals surface area contributed by atoms with Crippen LogP contribution in [0.2, 0.25) is 0 Å². The molecule has 1 aliphatic rings. The van der Waals surface area contributed by atoms with Gasteiger partial charge in [-0.05, 0) is 37.0 Å². The second-order valence-corrected chi connectivity index (χ2v) is 6.74. The lowest BCUT2D eigenvalue weighted by atomic mass is 10.1. The van der Waals surface area contributed by atoms with Crippen molar-refractivity contribution in [2.24, 2.45) is 10.9 Å². The van der Waals surface area contributed by atoms with Crippen LogP contribution in [0.3, 0.4) is 0 Å². The normalized spacial score (nSPS) is 15.3. The third-order valence-electron chi connectivity index (χ3n) is 4.12. The maximum Gasteiger partial charge on any atom is 0.239 e. The van der Waals surface area contributed by atoms with Crippen LogP contribution in [-0.2, 0) is 11.3 Å². The largest absolute Gasteiger partial charge is 0.360 e. The van der Waals surface area contributed by atoms with Gasteiger partial charge >= 0.3 is 0 Å². The number of piperazine rings is 1. The van der Waals surface area contributed by atoms with Crippen molar-refractivity contribution in [3.05, 3.63) is 29.8 Å². The first-order valence-corrected chi connectivity index (χ1v) is 9.21. The average molecular weight is 345 g/mol. The standard InChI is InChI=1S/C19H31N5O/c1-4-20-19(22-10-9-15(2)3)23-13-16-5-7-17(8-6-16)24-12-11-21-18(25)14-24/h5-8,15H,4,9-14H2,1-3H3,(H,21,25)(H2,20,22,23). The van der Waals surface area contributed by atoms with Gasteiger partial charge in [0.05, 0.1) is 13.1 Å². The molecule has 6 nitrogen and oxygen atoms in total. The number of carbonyl (C=O) groups is 1. The lowest BCUT2D eigenvalue weighted by molar-refractivity contribution is -0.120. The van der Waals surface area contributed by atoms with Gasteiger partial charge < -0.3 is 20.9 Å². The first-order valence-electron chi connectivity index (χ1n) is 9.21. The molecule has 2 rings (SSSR count). The number of benzene rings is 1. The molecule has 0 radical (unpaired) electrons. The van der Waals surface area contributed by atoms with E-state index in [0.29, 0.717) is 25.6 Å². The van der Waals surface area contributed by atoms with E-state index >= 15 is 0 Å². The van der Waals surface area contributed by atoms with Gasteiger partial charge in [-0.1, -0.05) is 26.0 Å². The number of guanidine groups is 1. The first-order chi connectivity index (χ1) is 12.1. The zero-order valence-electron chi connectivity index (χ0n) is 15.6. The van der Waals surface area contributed by atoms with E-state index in [1.165, 1.54) is 0 Å². The summed E-state index contributed by atoms with van der Waals surface area (Å²) in [7, 11) is 0. The minimum absolute atomic E-state index is 0.0858. The van der Waals surface area contributed by atoms with E-state index in [2.05, 4.69) is 70.9 Å². The van der Waals surface area contributed by atoms with E-state index in [9.17, 15) is 4.79 Å². The van der Waals surface area contributed by atoms with Gasteiger partial charge in [0.2, 0.25) is 5.91 Å². The molecule has 0 atom stereocenters. The second kappa shape index (κ2) is 9.91. The molecule has 1 aromatic rings. The van der Waals surface area contributed by atoms with Gasteiger partial charge in [-0.25, -0.2) is 4.99 Å². The Bertz CT molecular complexity index is 568. The van der Waals surface area contributed by atoms with Crippen molar-refractivity contribution in [3.63, 3.8) is 0 Å². The molecule has 0 spiro atoms. The summed E-state index contributed by atoms with van der Waals surface area (Å²) in [4.78, 5) is 18.2. The summed E-state index contributed by atoms with van der Waals surface area (Å²) >= 11 is 0. The summed E-state index contributed by atoms with van der Waals surface area (Å²) in [5.74, 6) is 1.63. The van der Waals surface area contributed by atoms with Gasteiger partial charge in [0.25, 0.3) is 0 Å². The topological polar surface area (TPSA) is 68.8 Å². The molecule has 0 unspecified atom stereocenters. The van der Waals surface area contributed by atoms with E-state index in [-0.39, 0.29) is 5.91 Å². The van der Waals surface area contributed by atoms with Crippen LogP contribution in [0, 0.1) is 5.92 Å². The summed E-state index contributed by atoms with van der Waals surface area (Å²) in [6.45, 7) is 10.9. The maximum atomic E-state index is 11.5. The van der Waals surface area contributed by atoms with Crippen LogP contribution in [-0.4, -0.2) is 44.6 Å². The Hall–Kier alpha value is -2.24. The molecule has 1 amide bonds. The van der Waals surface area contributed by atoms with E-state index < -0.39 is 0 Å². The second-order valence-electron chi connectivity index (χ2n) is 6.74. The Kier molecular flexibility index (Phi) is 7.57. The van der Waals surface area contributed by atoms with E-state index in [4.69, 9.17) is 0 Å². The van der Waals surface area contributed by atoms with Crippen molar-refractivity contribution in [1.29, 1.82) is 0 Å². The van der Waals surface area contributed by atoms with Gasteiger partial charge in [-0.15, -0.1) is 0 Å². The van der Waals surface area contributed by atoms with Crippen molar-refractivity contribution in [2.45, 2.75) is 33.7 Å². The predicted molar refractivity (Wildman–Crippen MR) is 104 cm³/mol. The minimum Gasteiger partial charge on any atom is -0.360 e. The maximum absolute atomic E-state index is 11.5. The number of nitrogens with zero attached hydrogens (tertiary/aromatic N) is 2. The van der Waals surface area contributed by atoms with Crippen LogP contribution >= 0.6 is 0 Å². The molecule has 1 heterocycles. The highest BCUT2D eigenvalue weighted by atomic mass is 16.2. The Morgan fingerprint density at radius 2 is 2.04 bits per heavy atom. The van der Waals surface area contributed by atoms with Gasteiger partial charge in [0, 0.05) is 31.9 Å². The molecule has 0 bridgehead atoms. The Labute approximate surface area is 151 Å². The quantitative estimate of drug-likeness (QED) is 0.520. The number of aliphatic imine (C=N–C) groups is 1. The molecular formula is C19H31N5O. The van der Waals surface area contributed by atoms with Gasteiger partial charge in [-0.3, -0.25) is 4.79 Å². The van der Waals surface area contributed by atoms with Crippen molar-refractivity contribution in [2.75, 3.05) is 37.6 Å². The molecule has 0 aromatic heterocycles. The number of hydrogen-bond acceptors (Lipinski definition) is 3. The van der Waals surface area contributed by atoms with Gasteiger partial charge in [0.15, 0.2) is 5.96 Å². The predicted octanol–water partition coefficient (Wildman–Crippen LogP) is 1.72. The first kappa shape index (κ1) is 19.1. The molecule has 6 heteroatoms. The van der Waals surface area contributed by atoms with Crippen molar-refractivity contribution in [3.8, 4) is 0 Å². The lowest BCUT2D eigenvalue weighted by Crippen LogP contribution is -2.47. The fraction of sp³-hybridized carbons (Fsp3) is 0.579. The third-order valence-corrected chi connectivity index (χ3v) is 4.12. The van der Waals surface area contributed by atoms with Crippen molar-refractivity contribution in [1.82, 2.24) is 16.0 Å². The highest BCUT2D eigenvalue weighted by Gasteiger charge is 2.16. The number of anilines is 1. The van der Waals surface area contributed by atoms with E-state index in [0.717, 1.165) is 43.3 Å². The zero-order valence-corrected chi connectivity index (χ0v) is 15.6. The van der Waals surface area contributed by atoms with E-state index in [1.54, 1.807) is 0 Å². The molecule has 25 heavy (non-hydrogen) atoms. The summed E-state index contributed by atoms with van der Waals surface area (Å²) in [5.41, 5.74) is 2.25. The zero-order chi connectivity index (χ0) is 18.1. The Morgan fingerprint density at radius 3 is 2.68 bits per heavy atom. The Morgan fingerprint density at radius 1 is 1.28 bits per heavy atom. The highest BCUT2D eigenvalue weighted by molar-refractivity contribution is 5.82. The molecule has 1 saturated heterocycles. The number of rotatable bonds is 7. The summed E-state index contributed by atoms with van der Waals surface area (Å²) in [6.07, 6.45) is 1.13. The summed E-state index contributed by atoms with van der Waals surface area (Å²) in [5, 5.41) is 9.51. The van der Waals surface area contributed by atoms with E-state index in [1.807, 2.05) is 0 Å². The van der Waals surface area contributed by atoms with Gasteiger partial charge in [0.1, 0.15) is 0 Å². The molecule has 1 aliphatic heterocycles. The molecular weight excluding hydrogens is 314 g/mol. The third kappa shape index (κ3) is 6.64. The molecule has 138 valence electrons. The lowest BCUT2D eigenvalue weighted by Gasteiger charge is -2.28. The average Bonchev–Trinajstić information content (AvgIpc) is 2.60. The van der Waals surface area contributed by atoms with Crippen molar-refractivity contribution < 1.29 is 4.79 Å². The molecule has 0 aliphatic carbocycles. The van der Waals surface area contributed by atoms with Crippen LogP contribution in [0.5, 0.6) is 0 Å². The molecule has 3 N–H and O–H groups in total. The van der Waals surface area contributed by atoms with Crippen LogP contribution in [0.25, 0.3) is 0 Å². The monoisotopic (exact) mass is 345 g/mol. The van der Waals surface area contributed by atoms with Crippen molar-refractivity contribution >= 4 is 17.6 Å². The van der Waals surface area contributed by atoms with Crippen LogP contribution < -0.4 is 20.9 Å². The van der Waals surface area contributed by atoms with Crippen LogP contribution in [0.1, 0.15) is 32.8 Å². The fourth-order valence-corrected chi connectivity index (χ4v) is 2.66. The molecule has 1 fully saturated rings. The number of nitrogens with one attached hydrogen (secondary N) is 3. The highest BCUT2D eigenvalue weighted by Crippen LogP contribution is 2.16. The van der Waals surface area contributed by atoms with Gasteiger partial charge in [-0.2, -0.15) is 0 Å². The summed E-state index contributed by atoms with van der Waals surface area (Å²) in [6, 6.07) is 8.32.